The normalized spacial score (nSPS) is 12.0. The molecule has 0 saturated carbocycles. The molecule has 104 valence electrons. The maximum absolute atomic E-state index is 12.2. The fourth-order valence-electron chi connectivity index (χ4n) is 1.66. The highest BCUT2D eigenvalue weighted by molar-refractivity contribution is 6.20. The molecule has 0 aliphatic carbocycles. The number of carbonyl (C=O) groups excluding carboxylic acids is 1. The van der Waals surface area contributed by atoms with Gasteiger partial charge < -0.3 is 4.90 Å². The summed E-state index contributed by atoms with van der Waals surface area (Å²) in [6.07, 6.45) is 0.642. The van der Waals surface area contributed by atoms with Crippen LogP contribution in [0.15, 0.2) is 18.2 Å². The molecule has 1 atom stereocenters. The van der Waals surface area contributed by atoms with Crippen molar-refractivity contribution in [2.45, 2.75) is 25.6 Å². The number of nitro benzene ring substituents is 1. The van der Waals surface area contributed by atoms with Crippen molar-refractivity contribution >= 4 is 23.2 Å². The first kappa shape index (κ1) is 15.4. The van der Waals surface area contributed by atoms with Crippen LogP contribution in [0.4, 0.5) is 5.69 Å². The Bertz CT molecular complexity index is 489. The first-order valence-electron chi connectivity index (χ1n) is 5.97. The Hall–Kier alpha value is -1.62. The van der Waals surface area contributed by atoms with Crippen LogP contribution in [-0.4, -0.2) is 34.7 Å². The fraction of sp³-hybridized carbons (Fsp3) is 0.462. The Balaban J connectivity index is 2.98. The molecule has 0 aliphatic rings. The molecule has 0 radical (unpaired) electrons. The predicted molar refractivity (Wildman–Crippen MR) is 74.7 cm³/mol. The smallest absolute Gasteiger partial charge is 0.282 e. The Morgan fingerprint density at radius 2 is 2.16 bits per heavy atom. The lowest BCUT2D eigenvalue weighted by Gasteiger charge is -2.18. The molecule has 0 saturated heterocycles. The van der Waals surface area contributed by atoms with E-state index in [4.69, 9.17) is 11.6 Å². The number of benzene rings is 1. The van der Waals surface area contributed by atoms with Gasteiger partial charge in [-0.1, -0.05) is 6.07 Å². The number of nitrogens with zero attached hydrogens (tertiary/aromatic N) is 2. The lowest BCUT2D eigenvalue weighted by Crippen LogP contribution is -2.29. The second-order valence-corrected chi connectivity index (χ2v) is 5.32. The van der Waals surface area contributed by atoms with E-state index in [0.29, 0.717) is 13.0 Å². The van der Waals surface area contributed by atoms with Crippen LogP contribution >= 0.6 is 11.6 Å². The molecule has 0 fully saturated rings. The largest absolute Gasteiger partial charge is 0.341 e. The number of hydrogen-bond acceptors (Lipinski definition) is 3. The Labute approximate surface area is 117 Å². The summed E-state index contributed by atoms with van der Waals surface area (Å²) in [5.41, 5.74) is 0.768. The summed E-state index contributed by atoms with van der Waals surface area (Å²) in [5.74, 6) is -0.354. The van der Waals surface area contributed by atoms with Gasteiger partial charge in [-0.15, -0.1) is 11.6 Å². The molecule has 0 spiro atoms. The van der Waals surface area contributed by atoms with Gasteiger partial charge in [0.1, 0.15) is 5.56 Å². The van der Waals surface area contributed by atoms with E-state index in [1.54, 1.807) is 26.1 Å². The van der Waals surface area contributed by atoms with E-state index < -0.39 is 4.92 Å². The van der Waals surface area contributed by atoms with Gasteiger partial charge in [0, 0.05) is 25.0 Å². The summed E-state index contributed by atoms with van der Waals surface area (Å²) >= 11 is 5.83. The average molecular weight is 285 g/mol. The highest BCUT2D eigenvalue weighted by Crippen LogP contribution is 2.21. The number of hydrogen-bond donors (Lipinski definition) is 0. The van der Waals surface area contributed by atoms with Crippen LogP contribution < -0.4 is 0 Å². The quantitative estimate of drug-likeness (QED) is 0.474. The third-order valence-corrected chi connectivity index (χ3v) is 3.01. The van der Waals surface area contributed by atoms with Crippen molar-refractivity contribution in [2.24, 2.45) is 0 Å². The van der Waals surface area contributed by atoms with Crippen LogP contribution in [0.25, 0.3) is 0 Å². The number of carbonyl (C=O) groups is 1. The molecule has 1 aromatic rings. The van der Waals surface area contributed by atoms with E-state index >= 15 is 0 Å². The summed E-state index contributed by atoms with van der Waals surface area (Å²) in [5, 5.41) is 10.9. The SMILES string of the molecule is Cc1ccc([N+](=O)[O-])c(C(=O)N(C)CCC(C)Cl)c1. The van der Waals surface area contributed by atoms with E-state index in [2.05, 4.69) is 0 Å². The summed E-state index contributed by atoms with van der Waals surface area (Å²) < 4.78 is 0. The van der Waals surface area contributed by atoms with Crippen LogP contribution in [0.3, 0.4) is 0 Å². The molecule has 0 bridgehead atoms. The minimum absolute atomic E-state index is 0.0391. The highest BCUT2D eigenvalue weighted by atomic mass is 35.5. The third kappa shape index (κ3) is 4.21. The molecule has 1 amide bonds. The summed E-state index contributed by atoms with van der Waals surface area (Å²) in [6.45, 7) is 4.10. The first-order valence-corrected chi connectivity index (χ1v) is 6.41. The molecule has 6 heteroatoms. The second kappa shape index (κ2) is 6.52. The Kier molecular flexibility index (Phi) is 5.30. The monoisotopic (exact) mass is 284 g/mol. The van der Waals surface area contributed by atoms with Crippen molar-refractivity contribution < 1.29 is 9.72 Å². The van der Waals surface area contributed by atoms with Gasteiger partial charge in [-0.2, -0.15) is 0 Å². The van der Waals surface area contributed by atoms with Gasteiger partial charge in [-0.3, -0.25) is 14.9 Å². The molecule has 1 unspecified atom stereocenters. The molecular formula is C13H17ClN2O3. The topological polar surface area (TPSA) is 63.5 Å². The van der Waals surface area contributed by atoms with Crippen LogP contribution in [0.2, 0.25) is 0 Å². The van der Waals surface area contributed by atoms with E-state index in [-0.39, 0.29) is 22.5 Å². The molecule has 0 aliphatic heterocycles. The number of alkyl halides is 1. The number of nitro groups is 1. The van der Waals surface area contributed by atoms with E-state index in [1.807, 2.05) is 6.92 Å². The van der Waals surface area contributed by atoms with Crippen LogP contribution in [-0.2, 0) is 0 Å². The second-order valence-electron chi connectivity index (χ2n) is 4.57. The minimum Gasteiger partial charge on any atom is -0.341 e. The standard InChI is InChI=1S/C13H17ClN2O3/c1-9-4-5-12(16(18)19)11(8-9)13(17)15(3)7-6-10(2)14/h4-5,8,10H,6-7H2,1-3H3. The van der Waals surface area contributed by atoms with Gasteiger partial charge >= 0.3 is 0 Å². The van der Waals surface area contributed by atoms with E-state index in [9.17, 15) is 14.9 Å². The predicted octanol–water partition coefficient (Wildman–Crippen LogP) is 2.99. The molecule has 0 N–H and O–H groups in total. The number of halogens is 1. The van der Waals surface area contributed by atoms with Gasteiger partial charge in [0.05, 0.1) is 4.92 Å². The maximum atomic E-state index is 12.2. The van der Waals surface area contributed by atoms with Crippen molar-refractivity contribution in [3.05, 3.63) is 39.4 Å². The van der Waals surface area contributed by atoms with Gasteiger partial charge in [0.25, 0.3) is 11.6 Å². The lowest BCUT2D eigenvalue weighted by molar-refractivity contribution is -0.385. The van der Waals surface area contributed by atoms with Gasteiger partial charge in [0.15, 0.2) is 0 Å². The van der Waals surface area contributed by atoms with Crippen molar-refractivity contribution in [1.82, 2.24) is 4.90 Å². The molecule has 0 heterocycles. The summed E-state index contributed by atoms with van der Waals surface area (Å²) in [6, 6.07) is 4.53. The van der Waals surface area contributed by atoms with Crippen molar-refractivity contribution in [2.75, 3.05) is 13.6 Å². The van der Waals surface area contributed by atoms with Crippen LogP contribution in [0.5, 0.6) is 0 Å². The zero-order valence-corrected chi connectivity index (χ0v) is 12.0. The zero-order chi connectivity index (χ0) is 14.6. The first-order chi connectivity index (χ1) is 8.82. The van der Waals surface area contributed by atoms with E-state index in [0.717, 1.165) is 5.56 Å². The van der Waals surface area contributed by atoms with E-state index in [1.165, 1.54) is 11.0 Å². The molecule has 1 rings (SSSR count). The molecule has 1 aromatic carbocycles. The molecule has 5 nitrogen and oxygen atoms in total. The van der Waals surface area contributed by atoms with Crippen molar-refractivity contribution in [3.63, 3.8) is 0 Å². The third-order valence-electron chi connectivity index (χ3n) is 2.79. The Morgan fingerprint density at radius 1 is 1.53 bits per heavy atom. The van der Waals surface area contributed by atoms with Crippen LogP contribution in [0.1, 0.15) is 29.3 Å². The zero-order valence-electron chi connectivity index (χ0n) is 11.2. The summed E-state index contributed by atoms with van der Waals surface area (Å²) in [7, 11) is 1.62. The summed E-state index contributed by atoms with van der Waals surface area (Å²) in [4.78, 5) is 24.1. The van der Waals surface area contributed by atoms with Crippen LogP contribution in [0, 0.1) is 17.0 Å². The number of aryl methyl sites for hydroxylation is 1. The minimum atomic E-state index is -0.537. The molecule has 0 aromatic heterocycles. The molecule has 19 heavy (non-hydrogen) atoms. The fourth-order valence-corrected chi connectivity index (χ4v) is 1.76. The molecular weight excluding hydrogens is 268 g/mol. The van der Waals surface area contributed by atoms with Gasteiger partial charge in [-0.25, -0.2) is 0 Å². The van der Waals surface area contributed by atoms with Crippen molar-refractivity contribution in [1.29, 1.82) is 0 Å². The lowest BCUT2D eigenvalue weighted by atomic mass is 10.1. The number of amides is 1. The van der Waals surface area contributed by atoms with Gasteiger partial charge in [-0.05, 0) is 31.9 Å². The number of rotatable bonds is 5. The highest BCUT2D eigenvalue weighted by Gasteiger charge is 2.22. The van der Waals surface area contributed by atoms with Gasteiger partial charge in [0.2, 0.25) is 0 Å². The average Bonchev–Trinajstić information content (AvgIpc) is 2.34. The maximum Gasteiger partial charge on any atom is 0.282 e. The van der Waals surface area contributed by atoms with Crippen molar-refractivity contribution in [3.8, 4) is 0 Å². The Morgan fingerprint density at radius 3 is 2.68 bits per heavy atom.